The summed E-state index contributed by atoms with van der Waals surface area (Å²) in [6.45, 7) is 1.46. The summed E-state index contributed by atoms with van der Waals surface area (Å²) in [5, 5.41) is 6.53. The van der Waals surface area contributed by atoms with Crippen LogP contribution in [0.2, 0.25) is 0 Å². The molecular weight excluding hydrogens is 330 g/mol. The fraction of sp³-hybridized carbons (Fsp3) is 0.562. The fourth-order valence-corrected chi connectivity index (χ4v) is 4.11. The Morgan fingerprint density at radius 3 is 2.52 bits per heavy atom. The minimum Gasteiger partial charge on any atom is -0.356 e. The maximum atomic E-state index is 11.1. The van der Waals surface area contributed by atoms with Crippen LogP contribution in [0, 0.1) is 0 Å². The van der Waals surface area contributed by atoms with Crippen LogP contribution in [0.15, 0.2) is 40.2 Å². The molecule has 2 rings (SSSR count). The van der Waals surface area contributed by atoms with Gasteiger partial charge in [-0.1, -0.05) is 18.2 Å². The quantitative estimate of drug-likeness (QED) is 0.423. The Morgan fingerprint density at radius 2 is 1.96 bits per heavy atom. The minimum absolute atomic E-state index is 0.199. The van der Waals surface area contributed by atoms with Gasteiger partial charge < -0.3 is 10.6 Å². The lowest BCUT2D eigenvalue weighted by molar-refractivity contribution is 0.598. The summed E-state index contributed by atoms with van der Waals surface area (Å²) in [6, 6.07) is 10.4. The summed E-state index contributed by atoms with van der Waals surface area (Å²) in [5.41, 5.74) is 0. The largest absolute Gasteiger partial charge is 0.356 e. The van der Waals surface area contributed by atoms with E-state index in [9.17, 15) is 8.42 Å². The van der Waals surface area contributed by atoms with E-state index in [2.05, 4.69) is 39.9 Å². The van der Waals surface area contributed by atoms with E-state index < -0.39 is 9.84 Å². The molecule has 0 radical (unpaired) electrons. The molecule has 5 nitrogen and oxygen atoms in total. The Bertz CT molecular complexity index is 626. The second-order valence-electron chi connectivity index (χ2n) is 5.93. The second kappa shape index (κ2) is 8.06. The van der Waals surface area contributed by atoms with Crippen LogP contribution in [0.5, 0.6) is 0 Å². The molecule has 23 heavy (non-hydrogen) atoms. The number of guanidine groups is 1. The summed E-state index contributed by atoms with van der Waals surface area (Å²) in [7, 11) is -1.16. The van der Waals surface area contributed by atoms with Crippen molar-refractivity contribution in [3.8, 4) is 0 Å². The maximum absolute atomic E-state index is 11.1. The SMILES string of the molecule is CN=C(NCCCS(C)(=O)=O)NCC1(Sc2ccccc2)CC1. The number of aliphatic imine (C=N–C) groups is 1. The Hall–Kier alpha value is -1.21. The summed E-state index contributed by atoms with van der Waals surface area (Å²) < 4.78 is 22.5. The van der Waals surface area contributed by atoms with E-state index in [1.807, 2.05) is 17.8 Å². The van der Waals surface area contributed by atoms with Crippen molar-refractivity contribution in [1.82, 2.24) is 10.6 Å². The number of sulfone groups is 1. The number of hydrogen-bond donors (Lipinski definition) is 2. The molecule has 1 aliphatic rings. The molecule has 1 aromatic carbocycles. The lowest BCUT2D eigenvalue weighted by Crippen LogP contribution is -2.41. The van der Waals surface area contributed by atoms with Gasteiger partial charge in [0, 0.05) is 36.0 Å². The first-order valence-corrected chi connectivity index (χ1v) is 10.7. The van der Waals surface area contributed by atoms with Crippen molar-refractivity contribution in [2.45, 2.75) is 28.9 Å². The predicted octanol–water partition coefficient (Wildman–Crippen LogP) is 1.91. The van der Waals surface area contributed by atoms with Crippen molar-refractivity contribution < 1.29 is 8.42 Å². The van der Waals surface area contributed by atoms with E-state index in [-0.39, 0.29) is 10.5 Å². The van der Waals surface area contributed by atoms with Crippen molar-refractivity contribution in [3.05, 3.63) is 30.3 Å². The molecule has 1 aromatic rings. The van der Waals surface area contributed by atoms with Crippen molar-refractivity contribution in [1.29, 1.82) is 0 Å². The standard InChI is InChI=1S/C16H25N3O2S2/c1-17-15(18-11-6-12-23(2,20)21)19-13-16(9-10-16)22-14-7-4-3-5-8-14/h3-5,7-8H,6,9-13H2,1-2H3,(H2,17,18,19). The Labute approximate surface area is 143 Å². The molecule has 128 valence electrons. The van der Waals surface area contributed by atoms with Gasteiger partial charge in [-0.3, -0.25) is 4.99 Å². The minimum atomic E-state index is -2.89. The average molecular weight is 356 g/mol. The highest BCUT2D eigenvalue weighted by Gasteiger charge is 2.43. The van der Waals surface area contributed by atoms with Gasteiger partial charge in [-0.2, -0.15) is 0 Å². The zero-order valence-corrected chi connectivity index (χ0v) is 15.3. The average Bonchev–Trinajstić information content (AvgIpc) is 3.26. The monoisotopic (exact) mass is 355 g/mol. The highest BCUT2D eigenvalue weighted by atomic mass is 32.2. The van der Waals surface area contributed by atoms with E-state index in [0.29, 0.717) is 13.0 Å². The molecule has 1 fully saturated rings. The second-order valence-corrected chi connectivity index (χ2v) is 9.74. The number of rotatable bonds is 8. The summed E-state index contributed by atoms with van der Waals surface area (Å²) in [4.78, 5) is 5.49. The molecule has 0 bridgehead atoms. The zero-order valence-electron chi connectivity index (χ0n) is 13.7. The summed E-state index contributed by atoms with van der Waals surface area (Å²) in [5.74, 6) is 0.934. The molecule has 0 atom stereocenters. The van der Waals surface area contributed by atoms with E-state index in [1.165, 1.54) is 24.0 Å². The predicted molar refractivity (Wildman–Crippen MR) is 98.0 cm³/mol. The van der Waals surface area contributed by atoms with Crippen LogP contribution in [0.4, 0.5) is 0 Å². The van der Waals surface area contributed by atoms with Gasteiger partial charge in [0.25, 0.3) is 0 Å². The first kappa shape index (κ1) is 18.1. The molecular formula is C16H25N3O2S2. The zero-order chi connectivity index (χ0) is 16.8. The van der Waals surface area contributed by atoms with E-state index >= 15 is 0 Å². The highest BCUT2D eigenvalue weighted by Crippen LogP contribution is 2.51. The van der Waals surface area contributed by atoms with Gasteiger partial charge in [-0.15, -0.1) is 11.8 Å². The highest BCUT2D eigenvalue weighted by molar-refractivity contribution is 8.01. The van der Waals surface area contributed by atoms with Gasteiger partial charge in [0.1, 0.15) is 9.84 Å². The Morgan fingerprint density at radius 1 is 1.26 bits per heavy atom. The van der Waals surface area contributed by atoms with Crippen molar-refractivity contribution in [3.63, 3.8) is 0 Å². The molecule has 0 aliphatic heterocycles. The summed E-state index contributed by atoms with van der Waals surface area (Å²) >= 11 is 1.92. The third-order valence-corrected chi connectivity index (χ3v) is 6.19. The first-order valence-electron chi connectivity index (χ1n) is 7.79. The molecule has 7 heteroatoms. The van der Waals surface area contributed by atoms with Gasteiger partial charge >= 0.3 is 0 Å². The fourth-order valence-electron chi connectivity index (χ4n) is 2.20. The van der Waals surface area contributed by atoms with Gasteiger partial charge in [-0.25, -0.2) is 8.42 Å². The Kier molecular flexibility index (Phi) is 6.35. The molecule has 0 heterocycles. The van der Waals surface area contributed by atoms with E-state index in [1.54, 1.807) is 7.05 Å². The van der Waals surface area contributed by atoms with Crippen molar-refractivity contribution >= 4 is 27.6 Å². The molecule has 2 N–H and O–H groups in total. The van der Waals surface area contributed by atoms with Gasteiger partial charge in [0.2, 0.25) is 0 Å². The van der Waals surface area contributed by atoms with Crippen LogP contribution in [0.25, 0.3) is 0 Å². The normalized spacial score (nSPS) is 16.9. The van der Waals surface area contributed by atoms with Gasteiger partial charge in [0.05, 0.1) is 5.75 Å². The molecule has 0 amide bonds. The van der Waals surface area contributed by atoms with Crippen molar-refractivity contribution in [2.24, 2.45) is 4.99 Å². The van der Waals surface area contributed by atoms with Crippen LogP contribution in [0.3, 0.4) is 0 Å². The number of thioether (sulfide) groups is 1. The molecule has 0 saturated heterocycles. The maximum Gasteiger partial charge on any atom is 0.191 e. The molecule has 1 aliphatic carbocycles. The van der Waals surface area contributed by atoms with Crippen LogP contribution in [-0.2, 0) is 9.84 Å². The first-order chi connectivity index (χ1) is 10.9. The lowest BCUT2D eigenvalue weighted by Gasteiger charge is -2.18. The van der Waals surface area contributed by atoms with E-state index in [0.717, 1.165) is 12.5 Å². The van der Waals surface area contributed by atoms with Gasteiger partial charge in [-0.05, 0) is 31.4 Å². The Balaban J connectivity index is 1.73. The topological polar surface area (TPSA) is 70.6 Å². The number of nitrogens with one attached hydrogen (secondary N) is 2. The van der Waals surface area contributed by atoms with Gasteiger partial charge in [0.15, 0.2) is 5.96 Å². The third-order valence-electron chi connectivity index (χ3n) is 3.67. The summed E-state index contributed by atoms with van der Waals surface area (Å²) in [6.07, 6.45) is 4.25. The van der Waals surface area contributed by atoms with Crippen LogP contribution < -0.4 is 10.6 Å². The van der Waals surface area contributed by atoms with Crippen LogP contribution >= 0.6 is 11.8 Å². The number of hydrogen-bond acceptors (Lipinski definition) is 4. The number of benzene rings is 1. The molecule has 1 saturated carbocycles. The molecule has 0 spiro atoms. The van der Waals surface area contributed by atoms with Crippen LogP contribution in [0.1, 0.15) is 19.3 Å². The smallest absolute Gasteiger partial charge is 0.191 e. The molecule has 0 aromatic heterocycles. The third kappa shape index (κ3) is 6.83. The lowest BCUT2D eigenvalue weighted by atomic mass is 10.4. The van der Waals surface area contributed by atoms with Crippen molar-refractivity contribution in [2.75, 3.05) is 32.1 Å². The van der Waals surface area contributed by atoms with E-state index in [4.69, 9.17) is 0 Å². The molecule has 0 unspecified atom stereocenters. The van der Waals surface area contributed by atoms with Crippen LogP contribution in [-0.4, -0.2) is 51.3 Å². The number of nitrogens with zero attached hydrogens (tertiary/aromatic N) is 1.